The van der Waals surface area contributed by atoms with E-state index in [0.29, 0.717) is 11.6 Å². The topological polar surface area (TPSA) is 51.8 Å². The number of pyridine rings is 1. The summed E-state index contributed by atoms with van der Waals surface area (Å²) in [6.45, 7) is 8.25. The zero-order valence-electron chi connectivity index (χ0n) is 14.3. The third kappa shape index (κ3) is 2.26. The summed E-state index contributed by atoms with van der Waals surface area (Å²) in [5, 5.41) is 2.02. The van der Waals surface area contributed by atoms with Crippen molar-refractivity contribution in [1.82, 2.24) is 15.0 Å². The van der Waals surface area contributed by atoms with Crippen LogP contribution in [-0.2, 0) is 0 Å². The van der Waals surface area contributed by atoms with Gasteiger partial charge in [-0.2, -0.15) is 4.98 Å². The summed E-state index contributed by atoms with van der Waals surface area (Å²) >= 11 is 0. The maximum atomic E-state index is 6.11. The zero-order chi connectivity index (χ0) is 16.8. The highest BCUT2D eigenvalue weighted by atomic mass is 16.3. The van der Waals surface area contributed by atoms with Crippen molar-refractivity contribution in [2.45, 2.75) is 33.6 Å². The highest BCUT2D eigenvalue weighted by Crippen LogP contribution is 2.35. The number of para-hydroxylation sites is 1. The Bertz CT molecular complexity index is 1060. The molecule has 4 aromatic rings. The molecule has 0 spiro atoms. The fourth-order valence-electron chi connectivity index (χ4n) is 3.16. The van der Waals surface area contributed by atoms with Crippen molar-refractivity contribution >= 4 is 22.1 Å². The Morgan fingerprint density at radius 2 is 1.88 bits per heavy atom. The van der Waals surface area contributed by atoms with Gasteiger partial charge in [0, 0.05) is 17.1 Å². The molecule has 0 fully saturated rings. The van der Waals surface area contributed by atoms with Crippen molar-refractivity contribution in [3.05, 3.63) is 53.6 Å². The quantitative estimate of drug-likeness (QED) is 0.511. The smallest absolute Gasteiger partial charge is 0.230 e. The largest absolute Gasteiger partial charge is 0.437 e. The molecule has 0 saturated carbocycles. The van der Waals surface area contributed by atoms with E-state index in [1.54, 1.807) is 0 Å². The molecule has 3 aromatic heterocycles. The molecule has 0 radical (unpaired) electrons. The van der Waals surface area contributed by atoms with Crippen molar-refractivity contribution in [2.24, 2.45) is 0 Å². The van der Waals surface area contributed by atoms with E-state index in [1.165, 1.54) is 5.56 Å². The SMILES string of the molecule is Cc1nc(C)c2c(n1)oc1c(-c3cc(C(C)C)ccn3)cccc12. The Morgan fingerprint density at radius 3 is 2.67 bits per heavy atom. The molecule has 4 rings (SSSR count). The number of nitrogens with zero attached hydrogens (tertiary/aromatic N) is 3. The van der Waals surface area contributed by atoms with Crippen LogP contribution in [0, 0.1) is 13.8 Å². The van der Waals surface area contributed by atoms with E-state index in [4.69, 9.17) is 4.42 Å². The van der Waals surface area contributed by atoms with E-state index in [0.717, 1.165) is 39.1 Å². The summed E-state index contributed by atoms with van der Waals surface area (Å²) in [6.07, 6.45) is 1.86. The number of hydrogen-bond acceptors (Lipinski definition) is 4. The monoisotopic (exact) mass is 317 g/mol. The van der Waals surface area contributed by atoms with Gasteiger partial charge in [0.2, 0.25) is 5.71 Å². The molecule has 4 nitrogen and oxygen atoms in total. The number of hydrogen-bond donors (Lipinski definition) is 0. The predicted octanol–water partition coefficient (Wildman–Crippen LogP) is 5.18. The molecule has 4 heteroatoms. The lowest BCUT2D eigenvalue weighted by Gasteiger charge is -2.07. The lowest BCUT2D eigenvalue weighted by Crippen LogP contribution is -1.91. The van der Waals surface area contributed by atoms with Gasteiger partial charge in [-0.1, -0.05) is 26.0 Å². The van der Waals surface area contributed by atoms with E-state index >= 15 is 0 Å². The van der Waals surface area contributed by atoms with Crippen molar-refractivity contribution < 1.29 is 4.42 Å². The van der Waals surface area contributed by atoms with Crippen LogP contribution in [0.3, 0.4) is 0 Å². The highest BCUT2D eigenvalue weighted by Gasteiger charge is 2.16. The van der Waals surface area contributed by atoms with Crippen LogP contribution < -0.4 is 0 Å². The molecule has 0 atom stereocenters. The number of aromatic nitrogens is 3. The minimum atomic E-state index is 0.456. The molecule has 0 bridgehead atoms. The van der Waals surface area contributed by atoms with Crippen LogP contribution in [0.1, 0.15) is 36.8 Å². The lowest BCUT2D eigenvalue weighted by atomic mass is 10.0. The summed E-state index contributed by atoms with van der Waals surface area (Å²) in [5.74, 6) is 1.18. The third-order valence-electron chi connectivity index (χ3n) is 4.38. The van der Waals surface area contributed by atoms with E-state index < -0.39 is 0 Å². The zero-order valence-corrected chi connectivity index (χ0v) is 14.3. The van der Waals surface area contributed by atoms with Gasteiger partial charge < -0.3 is 4.42 Å². The van der Waals surface area contributed by atoms with Crippen molar-refractivity contribution in [3.8, 4) is 11.3 Å². The molecule has 1 aromatic carbocycles. The molecule has 0 unspecified atom stereocenters. The molecule has 0 saturated heterocycles. The second kappa shape index (κ2) is 5.41. The summed E-state index contributed by atoms with van der Waals surface area (Å²) in [6, 6.07) is 10.3. The van der Waals surface area contributed by atoms with Crippen LogP contribution in [0.4, 0.5) is 0 Å². The van der Waals surface area contributed by atoms with Gasteiger partial charge in [-0.15, -0.1) is 0 Å². The van der Waals surface area contributed by atoms with Crippen LogP contribution in [0.15, 0.2) is 40.9 Å². The van der Waals surface area contributed by atoms with Crippen LogP contribution in [0.5, 0.6) is 0 Å². The Balaban J connectivity index is 2.03. The molecule has 3 heterocycles. The first-order chi connectivity index (χ1) is 11.5. The van der Waals surface area contributed by atoms with Gasteiger partial charge in [0.25, 0.3) is 0 Å². The number of aryl methyl sites for hydroxylation is 2. The van der Waals surface area contributed by atoms with Gasteiger partial charge in [-0.25, -0.2) is 4.98 Å². The molecule has 0 amide bonds. The predicted molar refractivity (Wildman–Crippen MR) is 96.1 cm³/mol. The average molecular weight is 317 g/mol. The number of rotatable bonds is 2. The summed E-state index contributed by atoms with van der Waals surface area (Å²) in [4.78, 5) is 13.5. The summed E-state index contributed by atoms with van der Waals surface area (Å²) in [5.41, 5.74) is 5.59. The van der Waals surface area contributed by atoms with Gasteiger partial charge in [0.15, 0.2) is 0 Å². The Kier molecular flexibility index (Phi) is 3.34. The van der Waals surface area contributed by atoms with E-state index in [-0.39, 0.29) is 0 Å². The average Bonchev–Trinajstić information content (AvgIpc) is 2.93. The standard InChI is InChI=1S/C20H19N3O/c1-11(2)14-8-9-21-17(10-14)15-6-5-7-16-18-12(3)22-13(4)23-20(18)24-19(15)16/h5-11H,1-4H3. The summed E-state index contributed by atoms with van der Waals surface area (Å²) < 4.78 is 6.11. The van der Waals surface area contributed by atoms with Gasteiger partial charge in [-0.3, -0.25) is 4.98 Å². The van der Waals surface area contributed by atoms with E-state index in [2.05, 4.69) is 47.0 Å². The Morgan fingerprint density at radius 1 is 1.04 bits per heavy atom. The lowest BCUT2D eigenvalue weighted by molar-refractivity contribution is 0.651. The van der Waals surface area contributed by atoms with E-state index in [9.17, 15) is 0 Å². The number of furan rings is 1. The van der Waals surface area contributed by atoms with Gasteiger partial charge in [0.1, 0.15) is 11.4 Å². The minimum Gasteiger partial charge on any atom is -0.437 e. The minimum absolute atomic E-state index is 0.456. The Labute approximate surface area is 140 Å². The molecular formula is C20H19N3O. The van der Waals surface area contributed by atoms with Crippen LogP contribution >= 0.6 is 0 Å². The van der Waals surface area contributed by atoms with Crippen LogP contribution in [-0.4, -0.2) is 15.0 Å². The van der Waals surface area contributed by atoms with Crippen molar-refractivity contribution in [2.75, 3.05) is 0 Å². The fourth-order valence-corrected chi connectivity index (χ4v) is 3.16. The van der Waals surface area contributed by atoms with E-state index in [1.807, 2.05) is 32.2 Å². The van der Waals surface area contributed by atoms with Gasteiger partial charge in [-0.05, 0) is 43.5 Å². The second-order valence-corrected chi connectivity index (χ2v) is 6.45. The Hall–Kier alpha value is -2.75. The molecule has 0 N–H and O–H groups in total. The second-order valence-electron chi connectivity index (χ2n) is 6.45. The normalized spacial score (nSPS) is 11.7. The first-order valence-corrected chi connectivity index (χ1v) is 8.17. The summed E-state index contributed by atoms with van der Waals surface area (Å²) in [7, 11) is 0. The van der Waals surface area contributed by atoms with Crippen LogP contribution in [0.2, 0.25) is 0 Å². The maximum Gasteiger partial charge on any atom is 0.230 e. The fraction of sp³-hybridized carbons (Fsp3) is 0.250. The van der Waals surface area contributed by atoms with Gasteiger partial charge in [0.05, 0.1) is 16.8 Å². The van der Waals surface area contributed by atoms with Crippen molar-refractivity contribution in [1.29, 1.82) is 0 Å². The van der Waals surface area contributed by atoms with Crippen molar-refractivity contribution in [3.63, 3.8) is 0 Å². The first kappa shape index (κ1) is 14.8. The molecule has 24 heavy (non-hydrogen) atoms. The molecule has 0 aliphatic heterocycles. The number of fused-ring (bicyclic) bond motifs is 3. The first-order valence-electron chi connectivity index (χ1n) is 8.17. The number of benzene rings is 1. The maximum absolute atomic E-state index is 6.11. The molecular weight excluding hydrogens is 298 g/mol. The third-order valence-corrected chi connectivity index (χ3v) is 4.38. The van der Waals surface area contributed by atoms with Gasteiger partial charge >= 0.3 is 0 Å². The van der Waals surface area contributed by atoms with Crippen LogP contribution in [0.25, 0.3) is 33.3 Å². The molecule has 120 valence electrons. The molecule has 0 aliphatic carbocycles. The highest BCUT2D eigenvalue weighted by molar-refractivity contribution is 6.09. The molecule has 0 aliphatic rings.